The summed E-state index contributed by atoms with van der Waals surface area (Å²) in [5.41, 5.74) is 8.52. The van der Waals surface area contributed by atoms with Crippen LogP contribution in [0.3, 0.4) is 0 Å². The molecule has 44 heavy (non-hydrogen) atoms. The number of nitrogens with one attached hydrogen (secondary N) is 5. The number of nitrogens with two attached hydrogens (primary N) is 1. The van der Waals surface area contributed by atoms with Gasteiger partial charge in [-0.25, -0.2) is 4.79 Å². The number of aliphatic hydroxyl groups is 1. The van der Waals surface area contributed by atoms with Gasteiger partial charge in [0.25, 0.3) is 0 Å². The smallest absolute Gasteiger partial charge is 0.326 e. The number of carbonyl (C=O) groups excluding carboxylic acids is 3. The highest BCUT2D eigenvalue weighted by Crippen LogP contribution is 2.21. The number of hydrogen-bond donors (Lipinski definition) is 9. The summed E-state index contributed by atoms with van der Waals surface area (Å²) in [6.07, 6.45) is 2.34. The van der Waals surface area contributed by atoms with Gasteiger partial charge in [-0.1, -0.05) is 36.4 Å². The van der Waals surface area contributed by atoms with Gasteiger partial charge in [0.1, 0.15) is 24.2 Å². The van der Waals surface area contributed by atoms with Crippen LogP contribution in [0.1, 0.15) is 24.0 Å². The number of aliphatic hydroxyl groups excluding tert-OH is 1. The van der Waals surface area contributed by atoms with E-state index >= 15 is 0 Å². The molecule has 14 nitrogen and oxygen atoms in total. The van der Waals surface area contributed by atoms with Crippen molar-refractivity contribution in [3.05, 3.63) is 72.1 Å². The molecule has 4 unspecified atom stereocenters. The van der Waals surface area contributed by atoms with E-state index in [1.165, 1.54) is 0 Å². The van der Waals surface area contributed by atoms with Crippen LogP contribution in [0, 0.1) is 0 Å². The maximum atomic E-state index is 13.5. The predicted octanol–water partition coefficient (Wildman–Crippen LogP) is 0.158. The molecule has 0 saturated heterocycles. The number of carboxylic acids is 2. The molecule has 0 aliphatic rings. The number of carboxylic acid groups (broad SMARTS) is 2. The zero-order valence-corrected chi connectivity index (χ0v) is 23.6. The lowest BCUT2D eigenvalue weighted by molar-refractivity contribution is -0.143. The topological polar surface area (TPSA) is 240 Å². The number of H-pyrrole nitrogens is 2. The fourth-order valence-electron chi connectivity index (χ4n) is 4.89. The van der Waals surface area contributed by atoms with Gasteiger partial charge >= 0.3 is 11.9 Å². The summed E-state index contributed by atoms with van der Waals surface area (Å²) in [4.78, 5) is 69.1. The third-order valence-electron chi connectivity index (χ3n) is 7.26. The van der Waals surface area contributed by atoms with E-state index < -0.39 is 66.9 Å². The van der Waals surface area contributed by atoms with E-state index in [1.54, 1.807) is 24.5 Å². The molecule has 2 aromatic heterocycles. The van der Waals surface area contributed by atoms with Crippen molar-refractivity contribution < 1.29 is 39.3 Å². The highest BCUT2D eigenvalue weighted by atomic mass is 16.4. The average molecular weight is 607 g/mol. The second kappa shape index (κ2) is 14.3. The summed E-state index contributed by atoms with van der Waals surface area (Å²) in [5.74, 6) is -5.11. The Balaban J connectivity index is 1.55. The van der Waals surface area contributed by atoms with Gasteiger partial charge in [-0.15, -0.1) is 0 Å². The van der Waals surface area contributed by atoms with Crippen molar-refractivity contribution in [3.63, 3.8) is 0 Å². The van der Waals surface area contributed by atoms with Gasteiger partial charge < -0.3 is 47.0 Å². The molecule has 2 aromatic carbocycles. The zero-order valence-electron chi connectivity index (χ0n) is 23.6. The normalized spacial score (nSPS) is 14.0. The highest BCUT2D eigenvalue weighted by Gasteiger charge is 2.31. The van der Waals surface area contributed by atoms with E-state index in [0.717, 1.165) is 21.8 Å². The summed E-state index contributed by atoms with van der Waals surface area (Å²) >= 11 is 0. The van der Waals surface area contributed by atoms with E-state index in [4.69, 9.17) is 5.73 Å². The largest absolute Gasteiger partial charge is 0.481 e. The second-order valence-electron chi connectivity index (χ2n) is 10.4. The maximum Gasteiger partial charge on any atom is 0.326 e. The number of aliphatic carboxylic acids is 2. The number of para-hydroxylation sites is 2. The molecule has 0 fully saturated rings. The second-order valence-corrected chi connectivity index (χ2v) is 10.4. The van der Waals surface area contributed by atoms with Crippen LogP contribution in [-0.4, -0.2) is 85.7 Å². The Bertz CT molecular complexity index is 1660. The minimum absolute atomic E-state index is 0.0364. The van der Waals surface area contributed by atoms with Crippen molar-refractivity contribution in [3.8, 4) is 0 Å². The van der Waals surface area contributed by atoms with Gasteiger partial charge in [0.05, 0.1) is 6.61 Å². The lowest BCUT2D eigenvalue weighted by atomic mass is 10.0. The first-order valence-electron chi connectivity index (χ1n) is 13.9. The van der Waals surface area contributed by atoms with Gasteiger partial charge in [0, 0.05) is 53.5 Å². The molecule has 4 aromatic rings. The predicted molar refractivity (Wildman–Crippen MR) is 159 cm³/mol. The number of rotatable bonds is 15. The van der Waals surface area contributed by atoms with Crippen LogP contribution in [0.2, 0.25) is 0 Å². The number of benzene rings is 2. The Labute approximate surface area is 251 Å². The van der Waals surface area contributed by atoms with Crippen molar-refractivity contribution in [1.29, 1.82) is 0 Å². The number of fused-ring (bicyclic) bond motifs is 2. The molecule has 2 heterocycles. The van der Waals surface area contributed by atoms with Crippen LogP contribution in [0.25, 0.3) is 21.8 Å². The van der Waals surface area contributed by atoms with Crippen molar-refractivity contribution in [2.45, 2.75) is 49.9 Å². The number of amides is 3. The molecule has 4 rings (SSSR count). The number of hydrogen-bond acceptors (Lipinski definition) is 7. The lowest BCUT2D eigenvalue weighted by Gasteiger charge is -2.25. The van der Waals surface area contributed by atoms with E-state index in [0.29, 0.717) is 11.1 Å². The molecule has 232 valence electrons. The third-order valence-corrected chi connectivity index (χ3v) is 7.26. The molecule has 4 atom stereocenters. The van der Waals surface area contributed by atoms with Crippen molar-refractivity contribution in [2.24, 2.45) is 5.73 Å². The fraction of sp³-hybridized carbons (Fsp3) is 0.300. The first-order chi connectivity index (χ1) is 21.1. The molecule has 0 bridgehead atoms. The van der Waals surface area contributed by atoms with Crippen LogP contribution in [0.4, 0.5) is 0 Å². The summed E-state index contributed by atoms with van der Waals surface area (Å²) in [7, 11) is 0. The molecule has 0 saturated carbocycles. The van der Waals surface area contributed by atoms with E-state index in [9.17, 15) is 39.3 Å². The minimum Gasteiger partial charge on any atom is -0.481 e. The molecule has 0 radical (unpaired) electrons. The van der Waals surface area contributed by atoms with E-state index in [-0.39, 0.29) is 19.3 Å². The highest BCUT2D eigenvalue weighted by molar-refractivity contribution is 5.95. The van der Waals surface area contributed by atoms with Gasteiger partial charge in [-0.2, -0.15) is 0 Å². The Morgan fingerprint density at radius 2 is 1.18 bits per heavy atom. The van der Waals surface area contributed by atoms with Gasteiger partial charge in [0.15, 0.2) is 0 Å². The zero-order chi connectivity index (χ0) is 31.8. The van der Waals surface area contributed by atoms with Gasteiger partial charge in [-0.05, 0) is 29.7 Å². The summed E-state index contributed by atoms with van der Waals surface area (Å²) in [6, 6.07) is 9.08. The van der Waals surface area contributed by atoms with Crippen LogP contribution in [-0.2, 0) is 36.8 Å². The summed E-state index contributed by atoms with van der Waals surface area (Å²) in [6.45, 7) is -0.677. The quantitative estimate of drug-likeness (QED) is 0.0894. The molecular weight excluding hydrogens is 572 g/mol. The van der Waals surface area contributed by atoms with Crippen LogP contribution in [0.5, 0.6) is 0 Å². The van der Waals surface area contributed by atoms with Crippen molar-refractivity contribution in [1.82, 2.24) is 25.9 Å². The SMILES string of the molecule is NC(CO)C(=O)NC(Cc1c[nH]c2ccccc12)C(=O)NC(CCC(=O)O)C(=O)NC(Cc1c[nH]c2ccccc12)C(=O)O. The number of aromatic amines is 2. The van der Waals surface area contributed by atoms with E-state index in [1.807, 2.05) is 36.4 Å². The third kappa shape index (κ3) is 7.79. The summed E-state index contributed by atoms with van der Waals surface area (Å²) in [5, 5.41) is 37.4. The van der Waals surface area contributed by atoms with Crippen LogP contribution < -0.4 is 21.7 Å². The first kappa shape index (κ1) is 31.7. The lowest BCUT2D eigenvalue weighted by Crippen LogP contribution is -2.58. The van der Waals surface area contributed by atoms with Crippen LogP contribution in [0.15, 0.2) is 60.9 Å². The van der Waals surface area contributed by atoms with Crippen molar-refractivity contribution >= 4 is 51.5 Å². The van der Waals surface area contributed by atoms with E-state index in [2.05, 4.69) is 25.9 Å². The summed E-state index contributed by atoms with van der Waals surface area (Å²) < 4.78 is 0. The number of aromatic nitrogens is 2. The Hall–Kier alpha value is -5.21. The minimum atomic E-state index is -1.45. The monoisotopic (exact) mass is 606 g/mol. The van der Waals surface area contributed by atoms with Crippen molar-refractivity contribution in [2.75, 3.05) is 6.61 Å². The Kier molecular flexibility index (Phi) is 10.3. The molecule has 14 heteroatoms. The molecular formula is C30H34N6O8. The Morgan fingerprint density at radius 1 is 0.705 bits per heavy atom. The molecule has 0 aliphatic carbocycles. The number of carbonyl (C=O) groups is 5. The first-order valence-corrected chi connectivity index (χ1v) is 13.9. The maximum absolute atomic E-state index is 13.5. The standard InChI is InChI=1S/C30H34N6O8/c31-20(15-37)27(40)35-24(11-16-13-32-21-7-3-1-5-18(16)21)29(42)34-23(9-10-26(38)39)28(41)36-25(30(43)44)12-17-14-33-22-8-4-2-6-19(17)22/h1-8,13-14,20,23-25,32-33,37H,9-12,15,31H2,(H,34,42)(H,35,40)(H,36,41)(H,38,39)(H,43,44). The molecule has 0 aliphatic heterocycles. The molecule has 3 amide bonds. The fourth-order valence-corrected chi connectivity index (χ4v) is 4.89. The van der Waals surface area contributed by atoms with Crippen LogP contribution >= 0.6 is 0 Å². The average Bonchev–Trinajstić information content (AvgIpc) is 3.61. The van der Waals surface area contributed by atoms with Gasteiger partial charge in [-0.3, -0.25) is 19.2 Å². The molecule has 0 spiro atoms. The van der Waals surface area contributed by atoms with Gasteiger partial charge in [0.2, 0.25) is 17.7 Å². The molecule has 10 N–H and O–H groups in total. The Morgan fingerprint density at radius 3 is 1.70 bits per heavy atom.